The molecule has 1 spiro atoms. The van der Waals surface area contributed by atoms with Crippen molar-refractivity contribution in [2.45, 2.75) is 69.4 Å². The number of amides is 2. The van der Waals surface area contributed by atoms with Crippen LogP contribution in [0.15, 0.2) is 42.5 Å². The third-order valence-corrected chi connectivity index (χ3v) is 9.74. The van der Waals surface area contributed by atoms with Crippen molar-refractivity contribution < 1.29 is 18.4 Å². The molecule has 1 unspecified atom stereocenters. The Labute approximate surface area is 227 Å². The first-order valence-electron chi connectivity index (χ1n) is 13.8. The first-order valence-corrected chi connectivity index (χ1v) is 14.2. The van der Waals surface area contributed by atoms with Gasteiger partial charge < -0.3 is 10.2 Å². The molecule has 2 aromatic rings. The average molecular weight is 542 g/mol. The van der Waals surface area contributed by atoms with Gasteiger partial charge in [0.2, 0.25) is 0 Å². The SMILES string of the molecule is O=C(NC1CCc2ccc(C(=O)N3CCC4(CCC(N5CC(F)(F)C5)CC4)CC3)cc21)c1ccccc1Cl. The van der Waals surface area contributed by atoms with Gasteiger partial charge >= 0.3 is 0 Å². The Morgan fingerprint density at radius 2 is 1.66 bits per heavy atom. The highest BCUT2D eigenvalue weighted by molar-refractivity contribution is 6.33. The molecule has 6 rings (SSSR count). The lowest BCUT2D eigenvalue weighted by molar-refractivity contribution is -0.153. The van der Waals surface area contributed by atoms with Crippen LogP contribution >= 0.6 is 11.6 Å². The highest BCUT2D eigenvalue weighted by atomic mass is 35.5. The zero-order chi connectivity index (χ0) is 26.5. The lowest BCUT2D eigenvalue weighted by atomic mass is 9.66. The second-order valence-corrected chi connectivity index (χ2v) is 12.1. The minimum absolute atomic E-state index is 0.0437. The minimum atomic E-state index is -2.50. The molecule has 3 fully saturated rings. The predicted octanol–water partition coefficient (Wildman–Crippen LogP) is 5.87. The number of hydrogen-bond donors (Lipinski definition) is 1. The van der Waals surface area contributed by atoms with E-state index in [9.17, 15) is 18.4 Å². The summed E-state index contributed by atoms with van der Waals surface area (Å²) in [5, 5.41) is 3.53. The Bertz CT molecular complexity index is 1230. The zero-order valence-electron chi connectivity index (χ0n) is 21.5. The molecule has 0 aromatic heterocycles. The Morgan fingerprint density at radius 1 is 0.947 bits per heavy atom. The molecule has 1 atom stereocenters. The van der Waals surface area contributed by atoms with E-state index in [0.29, 0.717) is 16.1 Å². The molecule has 202 valence electrons. The first-order chi connectivity index (χ1) is 18.2. The van der Waals surface area contributed by atoms with E-state index in [-0.39, 0.29) is 42.4 Å². The maximum atomic E-state index is 13.5. The van der Waals surface area contributed by atoms with Gasteiger partial charge in [-0.1, -0.05) is 29.8 Å². The van der Waals surface area contributed by atoms with Crippen LogP contribution in [-0.2, 0) is 6.42 Å². The van der Waals surface area contributed by atoms with Gasteiger partial charge in [0.05, 0.1) is 29.7 Å². The number of piperidine rings is 1. The molecule has 38 heavy (non-hydrogen) atoms. The fourth-order valence-corrected chi connectivity index (χ4v) is 7.24. The van der Waals surface area contributed by atoms with E-state index < -0.39 is 5.92 Å². The van der Waals surface area contributed by atoms with Crippen molar-refractivity contribution in [3.63, 3.8) is 0 Å². The maximum absolute atomic E-state index is 13.5. The van der Waals surface area contributed by atoms with E-state index in [1.165, 1.54) is 5.56 Å². The van der Waals surface area contributed by atoms with E-state index in [2.05, 4.69) is 5.32 Å². The van der Waals surface area contributed by atoms with Crippen LogP contribution in [0.25, 0.3) is 0 Å². The van der Waals surface area contributed by atoms with Gasteiger partial charge in [-0.3, -0.25) is 14.5 Å². The summed E-state index contributed by atoms with van der Waals surface area (Å²) in [4.78, 5) is 30.2. The number of carbonyl (C=O) groups is 2. The molecule has 2 saturated heterocycles. The van der Waals surface area contributed by atoms with Gasteiger partial charge in [-0.15, -0.1) is 0 Å². The molecule has 8 heteroatoms. The van der Waals surface area contributed by atoms with Crippen LogP contribution in [0.4, 0.5) is 8.78 Å². The number of likely N-dealkylation sites (tertiary alicyclic amines) is 2. The van der Waals surface area contributed by atoms with Crippen molar-refractivity contribution in [3.8, 4) is 0 Å². The molecule has 4 aliphatic rings. The molecule has 2 amide bonds. The molecular weight excluding hydrogens is 508 g/mol. The molecule has 5 nitrogen and oxygen atoms in total. The molecule has 2 heterocycles. The largest absolute Gasteiger partial charge is 0.345 e. The summed E-state index contributed by atoms with van der Waals surface area (Å²) in [6.07, 6.45) is 7.70. The van der Waals surface area contributed by atoms with Gasteiger partial charge in [0.15, 0.2) is 0 Å². The number of nitrogens with zero attached hydrogens (tertiary/aromatic N) is 2. The molecule has 1 N–H and O–H groups in total. The Morgan fingerprint density at radius 3 is 2.34 bits per heavy atom. The van der Waals surface area contributed by atoms with E-state index in [4.69, 9.17) is 11.6 Å². The average Bonchev–Trinajstić information content (AvgIpc) is 3.30. The summed E-state index contributed by atoms with van der Waals surface area (Å²) in [7, 11) is 0. The second kappa shape index (κ2) is 9.91. The summed E-state index contributed by atoms with van der Waals surface area (Å²) in [5.41, 5.74) is 3.54. The molecular formula is C30H34ClF2N3O2. The third kappa shape index (κ3) is 4.95. The van der Waals surface area contributed by atoms with Gasteiger partial charge in [-0.25, -0.2) is 8.78 Å². The number of fused-ring (bicyclic) bond motifs is 1. The fraction of sp³-hybridized carbons (Fsp3) is 0.533. The number of halogens is 3. The van der Waals surface area contributed by atoms with Crippen molar-refractivity contribution in [1.82, 2.24) is 15.1 Å². The number of rotatable bonds is 4. The minimum Gasteiger partial charge on any atom is -0.345 e. The normalized spacial score (nSPS) is 24.6. The highest BCUT2D eigenvalue weighted by Crippen LogP contribution is 2.47. The van der Waals surface area contributed by atoms with Crippen LogP contribution in [0.5, 0.6) is 0 Å². The number of nitrogens with one attached hydrogen (secondary N) is 1. The van der Waals surface area contributed by atoms with Crippen LogP contribution in [0.3, 0.4) is 0 Å². The number of alkyl halides is 2. The van der Waals surface area contributed by atoms with Gasteiger partial charge in [0, 0.05) is 24.7 Å². The second-order valence-electron chi connectivity index (χ2n) is 11.7. The lowest BCUT2D eigenvalue weighted by Crippen LogP contribution is -2.61. The van der Waals surface area contributed by atoms with Gasteiger partial charge in [0.1, 0.15) is 0 Å². The van der Waals surface area contributed by atoms with Crippen molar-refractivity contribution in [2.75, 3.05) is 26.2 Å². The highest BCUT2D eigenvalue weighted by Gasteiger charge is 2.49. The Kier molecular flexibility index (Phi) is 6.71. The van der Waals surface area contributed by atoms with Crippen molar-refractivity contribution in [2.24, 2.45) is 5.41 Å². The fourth-order valence-electron chi connectivity index (χ4n) is 7.02. The van der Waals surface area contributed by atoms with Crippen LogP contribution in [0.1, 0.15) is 82.8 Å². The van der Waals surface area contributed by atoms with E-state index in [1.807, 2.05) is 28.0 Å². The summed E-state index contributed by atoms with van der Waals surface area (Å²) in [6, 6.07) is 13.1. The van der Waals surface area contributed by atoms with Crippen molar-refractivity contribution in [1.29, 1.82) is 0 Å². The Balaban J connectivity index is 1.06. The third-order valence-electron chi connectivity index (χ3n) is 9.41. The summed E-state index contributed by atoms with van der Waals surface area (Å²) >= 11 is 6.21. The lowest BCUT2D eigenvalue weighted by Gasteiger charge is -2.51. The monoisotopic (exact) mass is 541 g/mol. The molecule has 0 bridgehead atoms. The number of hydrogen-bond acceptors (Lipinski definition) is 3. The maximum Gasteiger partial charge on any atom is 0.272 e. The van der Waals surface area contributed by atoms with Crippen molar-refractivity contribution >= 4 is 23.4 Å². The van der Waals surface area contributed by atoms with Crippen LogP contribution in [-0.4, -0.2) is 59.8 Å². The number of aryl methyl sites for hydroxylation is 1. The number of carbonyl (C=O) groups excluding carboxylic acids is 2. The summed E-state index contributed by atoms with van der Waals surface area (Å²) < 4.78 is 26.6. The number of benzene rings is 2. The molecule has 2 aromatic carbocycles. The standard InChI is InChI=1S/C30H34ClF2N3O2/c31-25-4-2-1-3-23(25)27(37)34-26-8-7-20-5-6-21(17-24(20)26)28(38)35-15-13-29(14-16-35)11-9-22(10-12-29)36-18-30(32,33)19-36/h1-6,17,22,26H,7-16,18-19H2,(H,34,37). The van der Waals surface area contributed by atoms with Crippen LogP contribution < -0.4 is 5.32 Å². The smallest absolute Gasteiger partial charge is 0.272 e. The summed E-state index contributed by atoms with van der Waals surface area (Å²) in [5.74, 6) is -2.66. The molecule has 0 radical (unpaired) electrons. The summed E-state index contributed by atoms with van der Waals surface area (Å²) in [6.45, 7) is 1.29. The first kappa shape index (κ1) is 25.8. The van der Waals surface area contributed by atoms with E-state index >= 15 is 0 Å². The van der Waals surface area contributed by atoms with Crippen LogP contribution in [0.2, 0.25) is 5.02 Å². The zero-order valence-corrected chi connectivity index (χ0v) is 22.3. The predicted molar refractivity (Wildman–Crippen MR) is 143 cm³/mol. The quantitative estimate of drug-likeness (QED) is 0.526. The topological polar surface area (TPSA) is 52.7 Å². The van der Waals surface area contributed by atoms with Gasteiger partial charge in [-0.2, -0.15) is 0 Å². The molecule has 2 aliphatic carbocycles. The molecule has 1 saturated carbocycles. The van der Waals surface area contributed by atoms with E-state index in [0.717, 1.165) is 70.0 Å². The molecule has 2 aliphatic heterocycles. The van der Waals surface area contributed by atoms with E-state index in [1.54, 1.807) is 24.3 Å². The van der Waals surface area contributed by atoms with Gasteiger partial charge in [0.25, 0.3) is 17.7 Å². The van der Waals surface area contributed by atoms with Gasteiger partial charge in [-0.05, 0) is 92.2 Å². The van der Waals surface area contributed by atoms with Crippen molar-refractivity contribution in [3.05, 3.63) is 69.7 Å². The van der Waals surface area contributed by atoms with Crippen LogP contribution in [0, 0.1) is 5.41 Å². The Hall–Kier alpha value is -2.51.